The first-order chi connectivity index (χ1) is 9.90. The fourth-order valence-corrected chi connectivity index (χ4v) is 2.80. The number of alkyl carbamates (subject to hydrolysis) is 1. The van der Waals surface area contributed by atoms with Crippen LogP contribution in [0.4, 0.5) is 4.79 Å². The third kappa shape index (κ3) is 4.57. The van der Waals surface area contributed by atoms with E-state index in [9.17, 15) is 4.79 Å². The van der Waals surface area contributed by atoms with Crippen molar-refractivity contribution in [2.24, 2.45) is 0 Å². The zero-order chi connectivity index (χ0) is 15.5. The molecule has 21 heavy (non-hydrogen) atoms. The van der Waals surface area contributed by atoms with E-state index in [4.69, 9.17) is 44.0 Å². The Morgan fingerprint density at radius 1 is 1.48 bits per heavy atom. The first kappa shape index (κ1) is 16.5. The fraction of sp³-hybridized carbons (Fsp3) is 0.333. The number of carbonyl (C=O) groups excluding carboxylic acids is 1. The number of thioether (sulfide) groups is 1. The zero-order valence-corrected chi connectivity index (χ0v) is 13.9. The lowest BCUT2D eigenvalue weighted by Crippen LogP contribution is -2.41. The molecule has 0 spiro atoms. The first-order valence-corrected chi connectivity index (χ1v) is 7.93. The van der Waals surface area contributed by atoms with Crippen molar-refractivity contribution < 1.29 is 13.9 Å². The summed E-state index contributed by atoms with van der Waals surface area (Å²) in [6, 6.07) is 7.23. The third-order valence-corrected chi connectivity index (χ3v) is 4.44. The molecule has 0 fully saturated rings. The number of hydrogen-bond acceptors (Lipinski definition) is 5. The van der Waals surface area contributed by atoms with Gasteiger partial charge in [-0.1, -0.05) is 46.9 Å². The summed E-state index contributed by atoms with van der Waals surface area (Å²) in [6.45, 7) is 1.89. The van der Waals surface area contributed by atoms with Crippen molar-refractivity contribution in [1.29, 1.82) is 0 Å². The molecule has 0 aliphatic rings. The monoisotopic (exact) mass is 368 g/mol. The van der Waals surface area contributed by atoms with Crippen LogP contribution in [-0.2, 0) is 4.74 Å². The van der Waals surface area contributed by atoms with E-state index in [-0.39, 0.29) is 11.8 Å². The van der Waals surface area contributed by atoms with E-state index >= 15 is 0 Å². The van der Waals surface area contributed by atoms with E-state index in [1.54, 1.807) is 19.1 Å². The number of hydrogen-bond donors (Lipinski definition) is 1. The van der Waals surface area contributed by atoms with Crippen LogP contribution in [0.1, 0.15) is 6.92 Å². The number of fused-ring (bicyclic) bond motifs is 1. The second-order valence-electron chi connectivity index (χ2n) is 3.85. The van der Waals surface area contributed by atoms with Crippen molar-refractivity contribution in [1.82, 2.24) is 10.3 Å². The number of oxazole rings is 1. The van der Waals surface area contributed by atoms with Gasteiger partial charge in [0.25, 0.3) is 5.22 Å². The van der Waals surface area contributed by atoms with Crippen LogP contribution in [-0.4, -0.2) is 26.9 Å². The van der Waals surface area contributed by atoms with Crippen molar-refractivity contribution in [3.63, 3.8) is 0 Å². The first-order valence-electron chi connectivity index (χ1n) is 5.92. The number of nitrogens with zero attached hydrogens (tertiary/aromatic N) is 1. The largest absolute Gasteiger partial charge is 0.450 e. The molecule has 2 rings (SSSR count). The van der Waals surface area contributed by atoms with Crippen LogP contribution >= 0.6 is 46.6 Å². The van der Waals surface area contributed by atoms with Gasteiger partial charge in [0.15, 0.2) is 5.58 Å². The Labute approximate surface area is 140 Å². The number of para-hydroxylation sites is 2. The highest BCUT2D eigenvalue weighted by Gasteiger charge is 2.36. The number of halogens is 3. The summed E-state index contributed by atoms with van der Waals surface area (Å²) in [7, 11) is 0. The van der Waals surface area contributed by atoms with E-state index in [0.29, 0.717) is 11.1 Å². The van der Waals surface area contributed by atoms with Crippen molar-refractivity contribution >= 4 is 63.8 Å². The van der Waals surface area contributed by atoms with Gasteiger partial charge in [0.2, 0.25) is 3.79 Å². The molecular formula is C12H11Cl3N2O3S. The summed E-state index contributed by atoms with van der Waals surface area (Å²) in [5.41, 5.74) is 1.29. The highest BCUT2D eigenvalue weighted by atomic mass is 35.6. The molecule has 5 nitrogen and oxygen atoms in total. The van der Waals surface area contributed by atoms with Crippen molar-refractivity contribution in [3.05, 3.63) is 24.3 Å². The lowest BCUT2D eigenvalue weighted by atomic mass is 10.3. The van der Waals surface area contributed by atoms with Crippen LogP contribution in [0.15, 0.2) is 33.9 Å². The number of aromatic nitrogens is 1. The predicted molar refractivity (Wildman–Crippen MR) is 84.1 cm³/mol. The predicted octanol–water partition coefficient (Wildman–Crippen LogP) is 4.36. The molecule has 0 unspecified atom stereocenters. The maximum atomic E-state index is 11.5. The zero-order valence-electron chi connectivity index (χ0n) is 10.8. The molecule has 0 bridgehead atoms. The molecule has 1 N–H and O–H groups in total. The van der Waals surface area contributed by atoms with Gasteiger partial charge in [-0.15, -0.1) is 0 Å². The van der Waals surface area contributed by atoms with Crippen molar-refractivity contribution in [3.8, 4) is 0 Å². The highest BCUT2D eigenvalue weighted by molar-refractivity contribution is 8.00. The Balaban J connectivity index is 2.16. The van der Waals surface area contributed by atoms with Crippen LogP contribution in [0.25, 0.3) is 11.1 Å². The van der Waals surface area contributed by atoms with Crippen LogP contribution < -0.4 is 5.32 Å². The van der Waals surface area contributed by atoms with Gasteiger partial charge < -0.3 is 14.5 Å². The minimum absolute atomic E-state index is 0.214. The summed E-state index contributed by atoms with van der Waals surface area (Å²) >= 11 is 18.6. The molecule has 0 saturated heterocycles. The number of nitrogens with one attached hydrogen (secondary N) is 1. The smallest absolute Gasteiger partial charge is 0.408 e. The van der Waals surface area contributed by atoms with Crippen molar-refractivity contribution in [2.75, 3.05) is 6.61 Å². The van der Waals surface area contributed by atoms with Gasteiger partial charge >= 0.3 is 6.09 Å². The molecule has 0 radical (unpaired) electrons. The summed E-state index contributed by atoms with van der Waals surface area (Å²) < 4.78 is 8.54. The van der Waals surface area contributed by atoms with E-state index in [0.717, 1.165) is 11.8 Å². The summed E-state index contributed by atoms with van der Waals surface area (Å²) in [6.07, 6.45) is -0.683. The van der Waals surface area contributed by atoms with Gasteiger partial charge in [-0.25, -0.2) is 9.78 Å². The average molecular weight is 370 g/mol. The van der Waals surface area contributed by atoms with Gasteiger partial charge in [0, 0.05) is 0 Å². The number of benzene rings is 1. The Morgan fingerprint density at radius 3 is 2.81 bits per heavy atom. The van der Waals surface area contributed by atoms with Gasteiger partial charge in [-0.2, -0.15) is 0 Å². The van der Waals surface area contributed by atoms with Gasteiger partial charge in [-0.05, 0) is 30.8 Å². The SMILES string of the molecule is CCOC(=O)N[C@@H](Sc1nc2ccccc2o1)C(Cl)(Cl)Cl. The van der Waals surface area contributed by atoms with Crippen LogP contribution in [0.5, 0.6) is 0 Å². The molecule has 1 aromatic carbocycles. The Morgan fingerprint density at radius 2 is 2.19 bits per heavy atom. The highest BCUT2D eigenvalue weighted by Crippen LogP contribution is 2.39. The fourth-order valence-electron chi connectivity index (χ4n) is 1.46. The average Bonchev–Trinajstić information content (AvgIpc) is 2.79. The van der Waals surface area contributed by atoms with E-state index in [1.165, 1.54) is 0 Å². The number of alkyl halides is 3. The van der Waals surface area contributed by atoms with E-state index in [2.05, 4.69) is 10.3 Å². The molecule has 1 atom stereocenters. The number of carbonyl (C=O) groups is 1. The molecular weight excluding hydrogens is 359 g/mol. The van der Waals surface area contributed by atoms with Crippen LogP contribution in [0.3, 0.4) is 0 Å². The number of rotatable bonds is 4. The van der Waals surface area contributed by atoms with Crippen LogP contribution in [0, 0.1) is 0 Å². The molecule has 1 aromatic heterocycles. The molecule has 0 aliphatic carbocycles. The number of amides is 1. The van der Waals surface area contributed by atoms with Crippen LogP contribution in [0.2, 0.25) is 0 Å². The summed E-state index contributed by atoms with van der Waals surface area (Å²) in [5, 5.41) is 1.83. The minimum atomic E-state index is -1.75. The summed E-state index contributed by atoms with van der Waals surface area (Å²) in [4.78, 5) is 15.7. The molecule has 1 heterocycles. The summed E-state index contributed by atoms with van der Waals surface area (Å²) in [5.74, 6) is 0. The second-order valence-corrected chi connectivity index (χ2v) is 7.28. The second kappa shape index (κ2) is 6.96. The molecule has 114 valence electrons. The Hall–Kier alpha value is -0.820. The van der Waals surface area contributed by atoms with Gasteiger partial charge in [0.05, 0.1) is 6.61 Å². The maximum absolute atomic E-state index is 11.5. The van der Waals surface area contributed by atoms with Crippen molar-refractivity contribution in [2.45, 2.75) is 21.3 Å². The molecule has 2 aromatic rings. The Kier molecular flexibility index (Phi) is 5.48. The van der Waals surface area contributed by atoms with E-state index < -0.39 is 15.3 Å². The lowest BCUT2D eigenvalue weighted by molar-refractivity contribution is 0.151. The third-order valence-electron chi connectivity index (χ3n) is 2.31. The maximum Gasteiger partial charge on any atom is 0.408 e. The Bertz CT molecular complexity index is 596. The topological polar surface area (TPSA) is 64.4 Å². The van der Waals surface area contributed by atoms with E-state index in [1.807, 2.05) is 12.1 Å². The van der Waals surface area contributed by atoms with Gasteiger partial charge in [-0.3, -0.25) is 0 Å². The minimum Gasteiger partial charge on any atom is -0.450 e. The quantitative estimate of drug-likeness (QED) is 0.493. The molecule has 0 aliphatic heterocycles. The molecule has 0 saturated carbocycles. The van der Waals surface area contributed by atoms with Gasteiger partial charge in [0.1, 0.15) is 10.9 Å². The lowest BCUT2D eigenvalue weighted by Gasteiger charge is -2.22. The molecule has 9 heteroatoms. The normalized spacial score (nSPS) is 13.1. The standard InChI is InChI=1S/C12H11Cl3N2O3S/c1-2-19-10(18)17-9(12(13,14)15)21-11-16-7-5-3-4-6-8(7)20-11/h3-6,9H,2H2,1H3,(H,17,18)/t9-/m0/s1. The molecule has 1 amide bonds. The number of ether oxygens (including phenoxy) is 1.